The van der Waals surface area contributed by atoms with E-state index in [1.54, 1.807) is 18.2 Å². The van der Waals surface area contributed by atoms with E-state index in [2.05, 4.69) is 10.5 Å². The molecule has 2 N–H and O–H groups in total. The molecule has 0 atom stereocenters. The van der Waals surface area contributed by atoms with E-state index in [9.17, 15) is 4.79 Å². The lowest BCUT2D eigenvalue weighted by molar-refractivity contribution is -0.123. The van der Waals surface area contributed by atoms with Crippen LogP contribution in [0, 0.1) is 0 Å². The Labute approximate surface area is 98.9 Å². The van der Waals surface area contributed by atoms with Gasteiger partial charge >= 0.3 is 0 Å². The van der Waals surface area contributed by atoms with E-state index < -0.39 is 12.5 Å². The molecule has 0 aliphatic rings. The zero-order valence-corrected chi connectivity index (χ0v) is 9.64. The number of aliphatic hydroxyl groups excluding tert-OH is 1. The Kier molecular flexibility index (Phi) is 4.96. The van der Waals surface area contributed by atoms with Gasteiger partial charge in [0, 0.05) is 5.56 Å². The highest BCUT2D eigenvalue weighted by Crippen LogP contribution is 2.29. The fourth-order valence-electron chi connectivity index (χ4n) is 1.22. The summed E-state index contributed by atoms with van der Waals surface area (Å²) < 4.78 is 10.3. The predicted octanol–water partition coefficient (Wildman–Crippen LogP) is 0.146. The SMILES string of the molecule is COc1cccc(/C=N\NC(=O)CO)c1OC. The van der Waals surface area contributed by atoms with Crippen LogP contribution in [0.3, 0.4) is 0 Å². The number of rotatable bonds is 5. The molecule has 0 bridgehead atoms. The van der Waals surface area contributed by atoms with Crippen molar-refractivity contribution in [2.45, 2.75) is 0 Å². The number of nitrogens with one attached hydrogen (secondary N) is 1. The summed E-state index contributed by atoms with van der Waals surface area (Å²) in [4.78, 5) is 10.7. The van der Waals surface area contributed by atoms with E-state index in [1.807, 2.05) is 0 Å². The molecule has 1 aromatic carbocycles. The molecule has 6 heteroatoms. The van der Waals surface area contributed by atoms with Crippen molar-refractivity contribution in [3.63, 3.8) is 0 Å². The zero-order valence-electron chi connectivity index (χ0n) is 9.64. The molecule has 0 saturated heterocycles. The first-order valence-electron chi connectivity index (χ1n) is 4.86. The maximum Gasteiger partial charge on any atom is 0.265 e. The number of hydrogen-bond donors (Lipinski definition) is 2. The minimum atomic E-state index is -0.605. The lowest BCUT2D eigenvalue weighted by Crippen LogP contribution is -2.20. The first-order valence-corrected chi connectivity index (χ1v) is 4.86. The molecule has 1 rings (SSSR count). The summed E-state index contributed by atoms with van der Waals surface area (Å²) in [5.41, 5.74) is 2.81. The molecule has 1 amide bonds. The van der Waals surface area contributed by atoms with Gasteiger partial charge in [0.2, 0.25) is 0 Å². The van der Waals surface area contributed by atoms with Crippen LogP contribution in [0.25, 0.3) is 0 Å². The fraction of sp³-hybridized carbons (Fsp3) is 0.273. The molecule has 0 saturated carbocycles. The number of carbonyl (C=O) groups excluding carboxylic acids is 1. The third-order valence-corrected chi connectivity index (χ3v) is 1.97. The first kappa shape index (κ1) is 13.0. The van der Waals surface area contributed by atoms with E-state index in [4.69, 9.17) is 14.6 Å². The monoisotopic (exact) mass is 238 g/mol. The normalized spacial score (nSPS) is 10.3. The summed E-state index contributed by atoms with van der Waals surface area (Å²) in [6.45, 7) is -0.605. The van der Waals surface area contributed by atoms with Crippen molar-refractivity contribution >= 4 is 12.1 Å². The average molecular weight is 238 g/mol. The highest BCUT2D eigenvalue weighted by molar-refractivity contribution is 5.86. The summed E-state index contributed by atoms with van der Waals surface area (Å²) in [7, 11) is 3.05. The van der Waals surface area contributed by atoms with Crippen molar-refractivity contribution in [1.82, 2.24) is 5.43 Å². The molecule has 0 aromatic heterocycles. The third kappa shape index (κ3) is 3.46. The van der Waals surface area contributed by atoms with E-state index in [0.29, 0.717) is 17.1 Å². The van der Waals surface area contributed by atoms with Gasteiger partial charge in [-0.1, -0.05) is 6.07 Å². The maximum absolute atomic E-state index is 10.7. The standard InChI is InChI=1S/C11H14N2O4/c1-16-9-5-3-4-8(11(9)17-2)6-12-13-10(15)7-14/h3-6,14H,7H2,1-2H3,(H,13,15)/b12-6-. The molecule has 0 heterocycles. The van der Waals surface area contributed by atoms with Crippen molar-refractivity contribution in [2.75, 3.05) is 20.8 Å². The summed E-state index contributed by atoms with van der Waals surface area (Å²) in [6.07, 6.45) is 1.41. The highest BCUT2D eigenvalue weighted by atomic mass is 16.5. The Balaban J connectivity index is 2.86. The third-order valence-electron chi connectivity index (χ3n) is 1.97. The molecule has 0 radical (unpaired) electrons. The molecular weight excluding hydrogens is 224 g/mol. The van der Waals surface area contributed by atoms with Crippen LogP contribution in [-0.2, 0) is 4.79 Å². The Hall–Kier alpha value is -2.08. The Morgan fingerprint density at radius 2 is 2.24 bits per heavy atom. The topological polar surface area (TPSA) is 80.2 Å². The van der Waals surface area contributed by atoms with Crippen LogP contribution >= 0.6 is 0 Å². The van der Waals surface area contributed by atoms with E-state index >= 15 is 0 Å². The molecule has 6 nitrogen and oxygen atoms in total. The molecule has 0 fully saturated rings. The van der Waals surface area contributed by atoms with Gasteiger partial charge in [-0.15, -0.1) is 0 Å². The molecule has 0 spiro atoms. The van der Waals surface area contributed by atoms with Gasteiger partial charge in [-0.2, -0.15) is 5.10 Å². The average Bonchev–Trinajstić information content (AvgIpc) is 2.37. The van der Waals surface area contributed by atoms with Gasteiger partial charge in [0.05, 0.1) is 20.4 Å². The second-order valence-electron chi connectivity index (χ2n) is 3.03. The number of carbonyl (C=O) groups is 1. The van der Waals surface area contributed by atoms with E-state index in [-0.39, 0.29) is 0 Å². The van der Waals surface area contributed by atoms with Gasteiger partial charge < -0.3 is 14.6 Å². The van der Waals surface area contributed by atoms with E-state index in [1.165, 1.54) is 20.4 Å². The van der Waals surface area contributed by atoms with Crippen molar-refractivity contribution in [1.29, 1.82) is 0 Å². The van der Waals surface area contributed by atoms with Crippen molar-refractivity contribution < 1.29 is 19.4 Å². The van der Waals surface area contributed by atoms with Crippen LogP contribution in [-0.4, -0.2) is 38.1 Å². The largest absolute Gasteiger partial charge is 0.493 e. The first-order chi connectivity index (χ1) is 8.22. The van der Waals surface area contributed by atoms with Crippen molar-refractivity contribution in [2.24, 2.45) is 5.10 Å². The van der Waals surface area contributed by atoms with Crippen LogP contribution in [0.2, 0.25) is 0 Å². The number of methoxy groups -OCH3 is 2. The van der Waals surface area contributed by atoms with Crippen LogP contribution in [0.4, 0.5) is 0 Å². The van der Waals surface area contributed by atoms with E-state index in [0.717, 1.165) is 0 Å². The van der Waals surface area contributed by atoms with Crippen LogP contribution in [0.15, 0.2) is 23.3 Å². The summed E-state index contributed by atoms with van der Waals surface area (Å²) >= 11 is 0. The lowest BCUT2D eigenvalue weighted by Gasteiger charge is -2.09. The highest BCUT2D eigenvalue weighted by Gasteiger charge is 2.07. The van der Waals surface area contributed by atoms with Gasteiger partial charge in [0.1, 0.15) is 6.61 Å². The Bertz CT molecular complexity index is 418. The number of hydrogen-bond acceptors (Lipinski definition) is 5. The second-order valence-corrected chi connectivity index (χ2v) is 3.03. The summed E-state index contributed by atoms with van der Waals surface area (Å²) in [5, 5.41) is 12.2. The number of para-hydroxylation sites is 1. The minimum absolute atomic E-state index is 0.525. The smallest absolute Gasteiger partial charge is 0.265 e. The molecule has 1 aromatic rings. The lowest BCUT2D eigenvalue weighted by atomic mass is 10.2. The second kappa shape index (κ2) is 6.49. The van der Waals surface area contributed by atoms with Crippen molar-refractivity contribution in [3.8, 4) is 11.5 Å². The molecule has 0 unspecified atom stereocenters. The fourth-order valence-corrected chi connectivity index (χ4v) is 1.22. The minimum Gasteiger partial charge on any atom is -0.493 e. The molecule has 92 valence electrons. The summed E-state index contributed by atoms with van der Waals surface area (Å²) in [5.74, 6) is 0.519. The van der Waals surface area contributed by atoms with Gasteiger partial charge in [-0.25, -0.2) is 5.43 Å². The van der Waals surface area contributed by atoms with Crippen LogP contribution in [0.1, 0.15) is 5.56 Å². The number of nitrogens with zero attached hydrogens (tertiary/aromatic N) is 1. The van der Waals surface area contributed by atoms with Crippen LogP contribution in [0.5, 0.6) is 11.5 Å². The van der Waals surface area contributed by atoms with Gasteiger partial charge in [-0.3, -0.25) is 4.79 Å². The molecule has 0 aliphatic carbocycles. The Morgan fingerprint density at radius 3 is 2.82 bits per heavy atom. The number of aliphatic hydroxyl groups is 1. The number of benzene rings is 1. The zero-order chi connectivity index (χ0) is 12.7. The molecular formula is C11H14N2O4. The quantitative estimate of drug-likeness (QED) is 0.565. The molecule has 0 aliphatic heterocycles. The Morgan fingerprint density at radius 1 is 1.47 bits per heavy atom. The van der Waals surface area contributed by atoms with Gasteiger partial charge in [0.25, 0.3) is 5.91 Å². The maximum atomic E-state index is 10.7. The van der Waals surface area contributed by atoms with Crippen molar-refractivity contribution in [3.05, 3.63) is 23.8 Å². The molecule has 17 heavy (non-hydrogen) atoms. The number of hydrazone groups is 1. The van der Waals surface area contributed by atoms with Crippen LogP contribution < -0.4 is 14.9 Å². The predicted molar refractivity (Wildman–Crippen MR) is 62.4 cm³/mol. The number of amides is 1. The van der Waals surface area contributed by atoms with Gasteiger partial charge in [0.15, 0.2) is 11.5 Å². The van der Waals surface area contributed by atoms with Gasteiger partial charge in [-0.05, 0) is 12.1 Å². The number of ether oxygens (including phenoxy) is 2. The summed E-state index contributed by atoms with van der Waals surface area (Å²) in [6, 6.07) is 5.29.